The van der Waals surface area contributed by atoms with Crippen LogP contribution in [0.4, 0.5) is 0 Å². The second kappa shape index (κ2) is 5.11. The van der Waals surface area contributed by atoms with Gasteiger partial charge in [-0.2, -0.15) is 4.98 Å². The molecule has 3 rings (SSSR count). The maximum Gasteiger partial charge on any atom is 0.262 e. The average molecular weight is 305 g/mol. The zero-order chi connectivity index (χ0) is 14.1. The van der Waals surface area contributed by atoms with Crippen molar-refractivity contribution in [2.75, 3.05) is 0 Å². The van der Waals surface area contributed by atoms with E-state index in [1.807, 2.05) is 6.07 Å². The Bertz CT molecular complexity index is 812. The lowest BCUT2D eigenvalue weighted by atomic mass is 10.1. The van der Waals surface area contributed by atoms with Gasteiger partial charge in [-0.05, 0) is 11.6 Å². The van der Waals surface area contributed by atoms with Gasteiger partial charge in [0.2, 0.25) is 5.88 Å². The number of rotatable bonds is 2. The summed E-state index contributed by atoms with van der Waals surface area (Å²) in [5.74, 6) is 0.0172. The van der Waals surface area contributed by atoms with Crippen LogP contribution in [0.5, 0.6) is 5.88 Å². The standard InChI is InChI=1S/C14H9ClN2O2S/c15-9-6-10(20-7-9)12-16-13(18)11(14(19)17-12)8-4-2-1-3-5-8/h1-7H,(H2,16,17,18,19). The predicted octanol–water partition coefficient (Wildman–Crippen LogP) is 3.52. The number of aromatic nitrogens is 2. The van der Waals surface area contributed by atoms with E-state index in [2.05, 4.69) is 9.97 Å². The lowest BCUT2D eigenvalue weighted by Crippen LogP contribution is -2.11. The maximum absolute atomic E-state index is 12.2. The molecule has 2 N–H and O–H groups in total. The fourth-order valence-electron chi connectivity index (χ4n) is 1.88. The van der Waals surface area contributed by atoms with Gasteiger partial charge in [0.05, 0.1) is 9.90 Å². The van der Waals surface area contributed by atoms with Crippen molar-refractivity contribution in [3.63, 3.8) is 0 Å². The molecule has 0 radical (unpaired) electrons. The fraction of sp³-hybridized carbons (Fsp3) is 0. The molecule has 2 aromatic heterocycles. The second-order valence-electron chi connectivity index (χ2n) is 4.11. The van der Waals surface area contributed by atoms with Crippen molar-refractivity contribution in [1.82, 2.24) is 9.97 Å². The zero-order valence-corrected chi connectivity index (χ0v) is 11.7. The molecule has 3 aromatic rings. The van der Waals surface area contributed by atoms with Crippen molar-refractivity contribution in [2.45, 2.75) is 0 Å². The van der Waals surface area contributed by atoms with Crippen LogP contribution in [-0.2, 0) is 0 Å². The molecule has 0 aliphatic rings. The van der Waals surface area contributed by atoms with Gasteiger partial charge in [0.25, 0.3) is 5.56 Å². The number of hydrogen-bond donors (Lipinski definition) is 2. The van der Waals surface area contributed by atoms with Gasteiger partial charge in [-0.3, -0.25) is 4.79 Å². The fourth-order valence-corrected chi connectivity index (χ4v) is 2.90. The van der Waals surface area contributed by atoms with Crippen LogP contribution in [0.3, 0.4) is 0 Å². The first-order chi connectivity index (χ1) is 9.65. The number of nitrogens with zero attached hydrogens (tertiary/aromatic N) is 1. The van der Waals surface area contributed by atoms with Crippen LogP contribution < -0.4 is 5.56 Å². The Morgan fingerprint density at radius 2 is 2.00 bits per heavy atom. The number of nitrogens with one attached hydrogen (secondary N) is 1. The smallest absolute Gasteiger partial charge is 0.262 e. The van der Waals surface area contributed by atoms with Crippen LogP contribution in [-0.4, -0.2) is 15.1 Å². The topological polar surface area (TPSA) is 66.0 Å². The number of H-pyrrole nitrogens is 1. The molecule has 1 aromatic carbocycles. The zero-order valence-electron chi connectivity index (χ0n) is 10.1. The third-order valence-corrected chi connectivity index (χ3v) is 4.05. The summed E-state index contributed by atoms with van der Waals surface area (Å²) in [6, 6.07) is 10.6. The molecular weight excluding hydrogens is 296 g/mol. The van der Waals surface area contributed by atoms with Gasteiger partial charge >= 0.3 is 0 Å². The van der Waals surface area contributed by atoms with Crippen LogP contribution in [0.25, 0.3) is 21.8 Å². The molecular formula is C14H9ClN2O2S. The summed E-state index contributed by atoms with van der Waals surface area (Å²) in [5, 5.41) is 12.3. The molecule has 0 saturated carbocycles. The van der Waals surface area contributed by atoms with Crippen molar-refractivity contribution >= 4 is 22.9 Å². The Labute approximate surface area is 123 Å². The summed E-state index contributed by atoms with van der Waals surface area (Å²) in [5.41, 5.74) is 0.398. The highest BCUT2D eigenvalue weighted by atomic mass is 35.5. The molecule has 0 aliphatic heterocycles. The molecule has 6 heteroatoms. The Morgan fingerprint density at radius 1 is 1.25 bits per heavy atom. The van der Waals surface area contributed by atoms with Gasteiger partial charge in [-0.1, -0.05) is 41.9 Å². The Morgan fingerprint density at radius 3 is 2.60 bits per heavy atom. The number of thiophene rings is 1. The molecule has 0 unspecified atom stereocenters. The monoisotopic (exact) mass is 304 g/mol. The first-order valence-electron chi connectivity index (χ1n) is 5.78. The van der Waals surface area contributed by atoms with E-state index in [0.29, 0.717) is 21.3 Å². The van der Waals surface area contributed by atoms with Crippen LogP contribution in [0.2, 0.25) is 5.02 Å². The summed E-state index contributed by atoms with van der Waals surface area (Å²) in [4.78, 5) is 19.6. The lowest BCUT2D eigenvalue weighted by molar-refractivity contribution is 0.454. The number of aromatic hydroxyl groups is 1. The molecule has 100 valence electrons. The van der Waals surface area contributed by atoms with Crippen molar-refractivity contribution < 1.29 is 5.11 Å². The molecule has 0 atom stereocenters. The van der Waals surface area contributed by atoms with E-state index in [1.54, 1.807) is 35.7 Å². The quantitative estimate of drug-likeness (QED) is 0.761. The first kappa shape index (κ1) is 12.9. The minimum Gasteiger partial charge on any atom is -0.493 e. The second-order valence-corrected chi connectivity index (χ2v) is 5.46. The van der Waals surface area contributed by atoms with Crippen molar-refractivity contribution in [2.24, 2.45) is 0 Å². The van der Waals surface area contributed by atoms with Crippen LogP contribution >= 0.6 is 22.9 Å². The van der Waals surface area contributed by atoms with E-state index in [1.165, 1.54) is 11.3 Å². The molecule has 0 bridgehead atoms. The number of benzene rings is 1. The number of halogens is 1. The van der Waals surface area contributed by atoms with Gasteiger partial charge in [-0.25, -0.2) is 0 Å². The third kappa shape index (κ3) is 2.33. The molecule has 0 saturated heterocycles. The Balaban J connectivity index is 2.15. The van der Waals surface area contributed by atoms with Crippen molar-refractivity contribution in [3.05, 3.63) is 57.2 Å². The molecule has 2 heterocycles. The lowest BCUT2D eigenvalue weighted by Gasteiger charge is -2.04. The van der Waals surface area contributed by atoms with E-state index in [9.17, 15) is 9.90 Å². The normalized spacial score (nSPS) is 10.7. The number of aromatic amines is 1. The van der Waals surface area contributed by atoms with Gasteiger partial charge in [-0.15, -0.1) is 11.3 Å². The van der Waals surface area contributed by atoms with Gasteiger partial charge in [0.1, 0.15) is 5.56 Å². The van der Waals surface area contributed by atoms with E-state index >= 15 is 0 Å². The minimum atomic E-state index is -0.386. The highest BCUT2D eigenvalue weighted by molar-refractivity contribution is 7.14. The number of hydrogen-bond acceptors (Lipinski definition) is 4. The Hall–Kier alpha value is -2.11. The van der Waals surface area contributed by atoms with E-state index in [4.69, 9.17) is 11.6 Å². The average Bonchev–Trinajstić information content (AvgIpc) is 2.86. The maximum atomic E-state index is 12.2. The first-order valence-corrected chi connectivity index (χ1v) is 7.04. The largest absolute Gasteiger partial charge is 0.493 e. The Kier molecular flexibility index (Phi) is 3.30. The molecule has 0 amide bonds. The van der Waals surface area contributed by atoms with Gasteiger partial charge in [0.15, 0.2) is 5.82 Å². The van der Waals surface area contributed by atoms with Crippen LogP contribution in [0, 0.1) is 0 Å². The predicted molar refractivity (Wildman–Crippen MR) is 80.3 cm³/mol. The molecule has 0 aliphatic carbocycles. The van der Waals surface area contributed by atoms with E-state index < -0.39 is 0 Å². The highest BCUT2D eigenvalue weighted by Gasteiger charge is 2.14. The van der Waals surface area contributed by atoms with Crippen molar-refractivity contribution in [1.29, 1.82) is 0 Å². The molecule has 4 nitrogen and oxygen atoms in total. The van der Waals surface area contributed by atoms with E-state index in [0.717, 1.165) is 0 Å². The SMILES string of the molecule is O=c1[nH]c(-c2cc(Cl)cs2)nc(O)c1-c1ccccc1. The summed E-state index contributed by atoms with van der Waals surface area (Å²) < 4.78 is 0. The highest BCUT2D eigenvalue weighted by Crippen LogP contribution is 2.29. The van der Waals surface area contributed by atoms with Crippen LogP contribution in [0.15, 0.2) is 46.6 Å². The van der Waals surface area contributed by atoms with Gasteiger partial charge in [0, 0.05) is 5.38 Å². The molecule has 0 spiro atoms. The summed E-state index contributed by atoms with van der Waals surface area (Å²) in [6.07, 6.45) is 0. The molecule has 0 fully saturated rings. The summed E-state index contributed by atoms with van der Waals surface area (Å²) >= 11 is 7.19. The van der Waals surface area contributed by atoms with Crippen molar-refractivity contribution in [3.8, 4) is 27.7 Å². The molecule has 20 heavy (non-hydrogen) atoms. The summed E-state index contributed by atoms with van der Waals surface area (Å²) in [7, 11) is 0. The summed E-state index contributed by atoms with van der Waals surface area (Å²) in [6.45, 7) is 0. The van der Waals surface area contributed by atoms with Gasteiger partial charge < -0.3 is 10.1 Å². The van der Waals surface area contributed by atoms with Crippen LogP contribution in [0.1, 0.15) is 0 Å². The minimum absolute atomic E-state index is 0.164. The third-order valence-electron chi connectivity index (χ3n) is 2.76. The van der Waals surface area contributed by atoms with E-state index in [-0.39, 0.29) is 17.0 Å².